The second kappa shape index (κ2) is 53.8. The minimum absolute atomic E-state index is 0.0127. The van der Waals surface area contributed by atoms with E-state index in [0.717, 1.165) is 16.7 Å². The monoisotopic (exact) mass is 2430 g/mol. The van der Waals surface area contributed by atoms with E-state index in [1.54, 1.807) is 80.9 Å². The van der Waals surface area contributed by atoms with Gasteiger partial charge in [-0.15, -0.1) is 0 Å². The highest BCUT2D eigenvalue weighted by Gasteiger charge is 2.60. The Morgan fingerprint density at radius 2 is 0.594 bits per heavy atom. The van der Waals surface area contributed by atoms with E-state index in [-0.39, 0.29) is 43.8 Å². The Labute approximate surface area is 769 Å². The van der Waals surface area contributed by atoms with Crippen molar-refractivity contribution in [3.8, 4) is 17.2 Å². The summed E-state index contributed by atoms with van der Waals surface area (Å²) in [6, 6.07) is 28.4. The van der Waals surface area contributed by atoms with E-state index >= 15 is 0 Å². The second-order valence-corrected chi connectivity index (χ2v) is 222. The maximum atomic E-state index is 13.3. The number of ether oxygens (including phenoxy) is 4. The van der Waals surface area contributed by atoms with Gasteiger partial charge in [-0.05, 0) is 109 Å². The van der Waals surface area contributed by atoms with Crippen LogP contribution in [0.15, 0.2) is 97.1 Å². The number of para-hydroxylation sites is 1. The van der Waals surface area contributed by atoms with Crippen LogP contribution < -0.4 is 14.2 Å². The second-order valence-electron chi connectivity index (χ2n) is 26.8. The minimum atomic E-state index is -4.89. The summed E-state index contributed by atoms with van der Waals surface area (Å²) >= 11 is 0. The van der Waals surface area contributed by atoms with Crippen molar-refractivity contribution in [3.05, 3.63) is 125 Å². The lowest BCUT2D eigenvalue weighted by molar-refractivity contribution is -0.142. The van der Waals surface area contributed by atoms with Crippen molar-refractivity contribution >= 4 is 332 Å². The van der Waals surface area contributed by atoms with Crippen molar-refractivity contribution in [1.82, 2.24) is 0 Å². The van der Waals surface area contributed by atoms with Gasteiger partial charge in [-0.3, -0.25) is 9.59 Å². The molecule has 0 heterocycles. The number of hydrogen-bond donors (Lipinski definition) is 0. The van der Waals surface area contributed by atoms with Gasteiger partial charge in [0, 0.05) is 12.8 Å². The Morgan fingerprint density at radius 3 is 0.906 bits per heavy atom. The summed E-state index contributed by atoms with van der Waals surface area (Å²) in [5.74, 6) is 0.182. The maximum Gasteiger partial charge on any atom is 0.532 e. The molecule has 0 spiro atoms. The molecule has 0 saturated heterocycles. The largest absolute Gasteiger partial charge is 0.578 e. The van der Waals surface area contributed by atoms with Crippen molar-refractivity contribution in [2.45, 2.75) is 83.9 Å². The molecule has 0 saturated carbocycles. The standard InChI is InChI=1S/C41H54O46Si41/c1-31(33-16-20-38(82-3)21-17-33)34-18-22-39(23-19-34)85-41(43)24-27-83-40-15-11-10-13-36(40)26-29-128(6,7)87-89(44)91(46)93(48)95(50)97(52)99(54)101(56)103(58)105(60)107(62)109(64)111(66)113(68)115(70)117(72)119(74)121(76)123(78)125(80)126(81)124(79)122(77)120(75)118(73)116(71)114(69)112(67)110(65)108(63)106(61)104(59)102(57)100(55)98(53)96(51)94(49)92(47)90(45)88-86-127(4,5)28-25-35-12-8-9-14-37(35)30-84-32(2)42/h8-23,31H,24-30,88H2,1-7H3. The van der Waals surface area contributed by atoms with E-state index in [4.69, 9.17) is 27.2 Å². The van der Waals surface area contributed by atoms with E-state index in [9.17, 15) is 179 Å². The average Bonchev–Trinajstić information content (AvgIpc) is 0.779. The third-order valence-electron chi connectivity index (χ3n) is 16.9. The number of aryl methyl sites for hydroxylation is 2. The highest BCUT2D eigenvalue weighted by atomic mass is 30.2. The lowest BCUT2D eigenvalue weighted by atomic mass is 9.93. The SMILES string of the molecule is COc1ccc(C(C)c2ccc(OC(=O)CCOc3ccccc3CC[Si](C)(C)O[Si](=O)[Si](=O)[Si](=O)[Si](=O)[Si](=O)[Si](=O)[Si](=O)[Si](=O)[Si](=O)[Si](=O)[Si](=O)[Si](=O)[Si](=O)[Si](=O)[Si](=O)[Si](=O)[Si](=O)[Si](=O)[Si](=O)[Si](=O)[Si](=O)[Si](=O)[Si](=O)[Si](=O)[Si](=O)[Si](=O)[Si](=O)[Si](=O)[Si](=O)[Si](=O)[Si](=O)[Si](=O)[Si](=O)[Si](=O)[Si](=O)[Si](=O)[Si](=O)[Si](=O)[SiH2]O[Si](C)(C)CCc3ccccc3COC(C)=O)cc2)cc1. The molecule has 0 aliphatic rings. The third kappa shape index (κ3) is 32.9. The van der Waals surface area contributed by atoms with Crippen LogP contribution in [0.1, 0.15) is 54.0 Å². The molecule has 0 radical (unpaired) electrons. The van der Waals surface area contributed by atoms with Gasteiger partial charge in [-0.1, -0.05) is 73.7 Å². The van der Waals surface area contributed by atoms with E-state index in [1.807, 2.05) is 43.3 Å². The Hall–Kier alpha value is -3.53. The summed E-state index contributed by atoms with van der Waals surface area (Å²) in [4.78, 5) is 24.1. The predicted molar refractivity (Wildman–Crippen MR) is 458 cm³/mol. The van der Waals surface area contributed by atoms with E-state index in [1.165, 1.54) is 20.0 Å². The molecule has 658 valence electrons. The zero-order valence-corrected chi connectivity index (χ0v) is 108. The normalized spacial score (nSPS) is 11.0. The van der Waals surface area contributed by atoms with Crippen molar-refractivity contribution in [2.75, 3.05) is 13.7 Å². The van der Waals surface area contributed by atoms with Gasteiger partial charge in [0.2, 0.25) is 17.6 Å². The van der Waals surface area contributed by atoms with E-state index in [0.29, 0.717) is 35.1 Å². The quantitative estimate of drug-likeness (QED) is 0.0225. The highest BCUT2D eigenvalue weighted by Crippen LogP contribution is 2.29. The molecule has 0 aliphatic carbocycles. The predicted octanol–water partition coefficient (Wildman–Crippen LogP) is -10.5. The first-order valence-corrected chi connectivity index (χ1v) is 135. The molecule has 4 aromatic rings. The lowest BCUT2D eigenvalue weighted by Gasteiger charge is -2.23. The fourth-order valence-electron chi connectivity index (χ4n) is 9.65. The molecule has 4 aromatic carbocycles. The molecule has 0 fully saturated rings. The number of esters is 2. The van der Waals surface area contributed by atoms with Crippen LogP contribution in [-0.2, 0) is 212 Å². The molecule has 1 atom stereocenters. The Morgan fingerprint density at radius 1 is 0.328 bits per heavy atom. The number of carbonyl (C=O) groups is 2. The molecule has 1 unspecified atom stereocenters. The number of hydrogen-bond acceptors (Lipinski definition) is 46. The first kappa shape index (κ1) is 117. The topological polar surface area (TPSA) is 738 Å². The van der Waals surface area contributed by atoms with Crippen molar-refractivity contribution in [2.24, 2.45) is 0 Å². The van der Waals surface area contributed by atoms with E-state index < -0.39 is 332 Å². The van der Waals surface area contributed by atoms with Gasteiger partial charge in [0.25, 0.3) is 0 Å². The van der Waals surface area contributed by atoms with Crippen LogP contribution in [0.2, 0.25) is 38.3 Å². The number of methoxy groups -OCH3 is 1. The molecule has 128 heavy (non-hydrogen) atoms. The third-order valence-corrected chi connectivity index (χ3v) is 325. The van der Waals surface area contributed by atoms with Gasteiger partial charge in [0.1, 0.15) is 23.9 Å². The van der Waals surface area contributed by atoms with Gasteiger partial charge < -0.3 is 197 Å². The van der Waals surface area contributed by atoms with Gasteiger partial charge in [-0.25, -0.2) is 0 Å². The van der Waals surface area contributed by atoms with E-state index in [2.05, 4.69) is 0 Å². The van der Waals surface area contributed by atoms with Gasteiger partial charge in [0.15, 0.2) is 8.32 Å². The molecule has 46 nitrogen and oxygen atoms in total. The van der Waals surface area contributed by atoms with Crippen LogP contribution in [0.4, 0.5) is 0 Å². The summed E-state index contributed by atoms with van der Waals surface area (Å²) in [5.41, 5.74) is 4.00. The molecule has 0 bridgehead atoms. The maximum absolute atomic E-state index is 13.3. The molecular formula is C41H54O46Si41. The zero-order chi connectivity index (χ0) is 97.5. The minimum Gasteiger partial charge on any atom is -0.578 e. The van der Waals surface area contributed by atoms with Crippen LogP contribution in [0, 0.1) is 0 Å². The van der Waals surface area contributed by atoms with Crippen LogP contribution in [0.25, 0.3) is 0 Å². The first-order chi connectivity index (χ1) is 59.4. The van der Waals surface area contributed by atoms with Crippen molar-refractivity contribution < 1.29 is 206 Å². The smallest absolute Gasteiger partial charge is 0.532 e. The number of benzene rings is 4. The Bertz CT molecular complexity index is 5970. The first-order valence-electron chi connectivity index (χ1n) is 35.2. The Kier molecular flexibility index (Phi) is 49.1. The molecule has 0 aliphatic heterocycles. The lowest BCUT2D eigenvalue weighted by Crippen LogP contribution is -2.58. The average molecular weight is 2430 g/mol. The fourth-order valence-corrected chi connectivity index (χ4v) is 468. The van der Waals surface area contributed by atoms with Crippen LogP contribution in [0.5, 0.6) is 17.2 Å². The van der Waals surface area contributed by atoms with Crippen LogP contribution in [-0.4, -0.2) is 346 Å². The zero-order valence-electron chi connectivity index (χ0n) is 66.3. The molecule has 4 rings (SSSR count). The summed E-state index contributed by atoms with van der Waals surface area (Å²) in [6.45, 7) is 9.43. The molecule has 0 N–H and O–H groups in total. The van der Waals surface area contributed by atoms with Crippen LogP contribution >= 0.6 is 0 Å². The highest BCUT2D eigenvalue weighted by molar-refractivity contribution is 7.86. The summed E-state index contributed by atoms with van der Waals surface area (Å²) in [6.07, 6.45) is 0.354. The number of carbonyl (C=O) groups excluding carboxylic acids is 2. The fraction of sp³-hybridized carbons (Fsp3) is 0.366. The van der Waals surface area contributed by atoms with Gasteiger partial charge >= 0.3 is 306 Å². The molecule has 0 aromatic heterocycles. The van der Waals surface area contributed by atoms with Crippen LogP contribution in [0.3, 0.4) is 0 Å². The van der Waals surface area contributed by atoms with Gasteiger partial charge in [-0.2, -0.15) is 0 Å². The van der Waals surface area contributed by atoms with Gasteiger partial charge in [0.05, 0.1) is 20.1 Å². The molecule has 0 amide bonds. The summed E-state index contributed by atoms with van der Waals surface area (Å²) < 4.78 is 530. The van der Waals surface area contributed by atoms with Crippen molar-refractivity contribution in [3.63, 3.8) is 0 Å². The summed E-state index contributed by atoms with van der Waals surface area (Å²) in [5, 5.41) is 0. The Balaban J connectivity index is 1.25. The molecular weight excluding hydrogens is 2380 g/mol. The number of rotatable bonds is 58. The molecule has 87 heteroatoms. The van der Waals surface area contributed by atoms with Crippen molar-refractivity contribution in [1.29, 1.82) is 0 Å². The summed E-state index contributed by atoms with van der Waals surface area (Å²) in [7, 11) is -183.